The molecule has 1 aromatic carbocycles. The van der Waals surface area contributed by atoms with Gasteiger partial charge in [-0.1, -0.05) is 18.5 Å². The van der Waals surface area contributed by atoms with Crippen LogP contribution in [0.4, 0.5) is 4.39 Å². The highest BCUT2D eigenvalue weighted by Gasteiger charge is 2.11. The summed E-state index contributed by atoms with van der Waals surface area (Å²) in [6.07, 6.45) is 0. The second kappa shape index (κ2) is 5.20. The second-order valence-corrected chi connectivity index (χ2v) is 3.61. The van der Waals surface area contributed by atoms with Crippen molar-refractivity contribution in [3.8, 4) is 5.75 Å². The molecule has 3 heteroatoms. The molecule has 1 nitrogen and oxygen atoms in total. The zero-order valence-corrected chi connectivity index (χ0v) is 9.14. The molecule has 1 aromatic rings. The first-order valence-corrected chi connectivity index (χ1v) is 5.05. The maximum Gasteiger partial charge on any atom is 0.122 e. The van der Waals surface area contributed by atoms with Crippen LogP contribution in [0.25, 0.3) is 0 Å². The number of alkyl halides is 1. The standard InChI is InChI=1S/C11H14ClFO/c1-3-14-11-5-4-9(12)6-10(11)8(2)7-13/h4-6,8H,3,7H2,1-2H3. The van der Waals surface area contributed by atoms with E-state index in [4.69, 9.17) is 16.3 Å². The average Bonchev–Trinajstić information content (AvgIpc) is 2.20. The molecule has 0 fully saturated rings. The fourth-order valence-corrected chi connectivity index (χ4v) is 1.46. The quantitative estimate of drug-likeness (QED) is 0.744. The Labute approximate surface area is 88.8 Å². The van der Waals surface area contributed by atoms with Crippen LogP contribution in [-0.4, -0.2) is 13.3 Å². The van der Waals surface area contributed by atoms with Crippen LogP contribution in [0.3, 0.4) is 0 Å². The summed E-state index contributed by atoms with van der Waals surface area (Å²) in [6, 6.07) is 5.30. The molecule has 14 heavy (non-hydrogen) atoms. The summed E-state index contributed by atoms with van der Waals surface area (Å²) in [5, 5.41) is 0.615. The third-order valence-electron chi connectivity index (χ3n) is 2.03. The molecule has 0 N–H and O–H groups in total. The predicted octanol–water partition coefficient (Wildman–Crippen LogP) is 3.81. The SMILES string of the molecule is CCOc1ccc(Cl)cc1C(C)CF. The zero-order chi connectivity index (χ0) is 10.6. The molecule has 0 bridgehead atoms. The van der Waals surface area contributed by atoms with Gasteiger partial charge in [-0.3, -0.25) is 4.39 Å². The van der Waals surface area contributed by atoms with Gasteiger partial charge in [-0.05, 0) is 25.1 Å². The molecule has 78 valence electrons. The summed E-state index contributed by atoms with van der Waals surface area (Å²) >= 11 is 5.84. The lowest BCUT2D eigenvalue weighted by Crippen LogP contribution is -2.01. The van der Waals surface area contributed by atoms with E-state index in [0.717, 1.165) is 11.3 Å². The van der Waals surface area contributed by atoms with Crippen LogP contribution in [-0.2, 0) is 0 Å². The first-order chi connectivity index (χ1) is 6.69. The van der Waals surface area contributed by atoms with Crippen molar-refractivity contribution in [1.82, 2.24) is 0 Å². The van der Waals surface area contributed by atoms with Crippen molar-refractivity contribution >= 4 is 11.6 Å². The van der Waals surface area contributed by atoms with E-state index in [9.17, 15) is 4.39 Å². The largest absolute Gasteiger partial charge is 0.494 e. The molecule has 0 radical (unpaired) electrons. The molecule has 0 aliphatic rings. The molecule has 1 unspecified atom stereocenters. The summed E-state index contributed by atoms with van der Waals surface area (Å²) in [6.45, 7) is 3.89. The highest BCUT2D eigenvalue weighted by molar-refractivity contribution is 6.30. The minimum atomic E-state index is -0.402. The van der Waals surface area contributed by atoms with Crippen molar-refractivity contribution in [2.45, 2.75) is 19.8 Å². The van der Waals surface area contributed by atoms with Crippen molar-refractivity contribution in [2.75, 3.05) is 13.3 Å². The van der Waals surface area contributed by atoms with Gasteiger partial charge in [0.15, 0.2) is 0 Å². The van der Waals surface area contributed by atoms with Crippen LogP contribution >= 0.6 is 11.6 Å². The minimum Gasteiger partial charge on any atom is -0.494 e. The van der Waals surface area contributed by atoms with Gasteiger partial charge in [-0.25, -0.2) is 0 Å². The fourth-order valence-electron chi connectivity index (χ4n) is 1.27. The first kappa shape index (κ1) is 11.3. The van der Waals surface area contributed by atoms with E-state index in [1.807, 2.05) is 13.8 Å². The van der Waals surface area contributed by atoms with Gasteiger partial charge < -0.3 is 4.74 Å². The first-order valence-electron chi connectivity index (χ1n) is 4.67. The van der Waals surface area contributed by atoms with E-state index in [-0.39, 0.29) is 5.92 Å². The Morgan fingerprint density at radius 2 is 2.21 bits per heavy atom. The molecular formula is C11H14ClFO. The van der Waals surface area contributed by atoms with Gasteiger partial charge in [-0.2, -0.15) is 0 Å². The summed E-state index contributed by atoms with van der Waals surface area (Å²) in [5.41, 5.74) is 0.835. The Balaban J connectivity index is 3.02. The molecule has 0 heterocycles. The minimum absolute atomic E-state index is 0.171. The molecule has 0 amide bonds. The highest BCUT2D eigenvalue weighted by Crippen LogP contribution is 2.29. The zero-order valence-electron chi connectivity index (χ0n) is 8.39. The molecule has 0 aromatic heterocycles. The number of hydrogen-bond acceptors (Lipinski definition) is 1. The van der Waals surface area contributed by atoms with E-state index in [1.165, 1.54) is 0 Å². The normalized spacial score (nSPS) is 12.6. The van der Waals surface area contributed by atoms with Crippen LogP contribution in [0, 0.1) is 0 Å². The van der Waals surface area contributed by atoms with Crippen LogP contribution < -0.4 is 4.74 Å². The molecule has 1 rings (SSSR count). The van der Waals surface area contributed by atoms with Gasteiger partial charge in [0, 0.05) is 16.5 Å². The predicted molar refractivity (Wildman–Crippen MR) is 57.0 cm³/mol. The van der Waals surface area contributed by atoms with Crippen molar-refractivity contribution in [1.29, 1.82) is 0 Å². The maximum atomic E-state index is 12.5. The third kappa shape index (κ3) is 2.61. The Bertz CT molecular complexity index is 301. The van der Waals surface area contributed by atoms with Crippen molar-refractivity contribution in [3.05, 3.63) is 28.8 Å². The van der Waals surface area contributed by atoms with Crippen LogP contribution in [0.5, 0.6) is 5.75 Å². The highest BCUT2D eigenvalue weighted by atomic mass is 35.5. The van der Waals surface area contributed by atoms with E-state index in [0.29, 0.717) is 11.6 Å². The van der Waals surface area contributed by atoms with Crippen molar-refractivity contribution in [2.24, 2.45) is 0 Å². The number of ether oxygens (including phenoxy) is 1. The maximum absolute atomic E-state index is 12.5. The van der Waals surface area contributed by atoms with Crippen LogP contribution in [0.15, 0.2) is 18.2 Å². The average molecular weight is 217 g/mol. The van der Waals surface area contributed by atoms with E-state index >= 15 is 0 Å². The Morgan fingerprint density at radius 3 is 2.79 bits per heavy atom. The van der Waals surface area contributed by atoms with Gasteiger partial charge in [0.2, 0.25) is 0 Å². The topological polar surface area (TPSA) is 9.23 Å². The Morgan fingerprint density at radius 1 is 1.50 bits per heavy atom. The molecule has 0 saturated carbocycles. The van der Waals surface area contributed by atoms with Gasteiger partial charge >= 0.3 is 0 Å². The summed E-state index contributed by atoms with van der Waals surface area (Å²) in [7, 11) is 0. The lowest BCUT2D eigenvalue weighted by atomic mass is 10.0. The monoisotopic (exact) mass is 216 g/mol. The summed E-state index contributed by atoms with van der Waals surface area (Å²) < 4.78 is 17.9. The number of benzene rings is 1. The van der Waals surface area contributed by atoms with E-state index in [1.54, 1.807) is 18.2 Å². The molecule has 0 spiro atoms. The molecule has 0 aliphatic carbocycles. The van der Waals surface area contributed by atoms with E-state index in [2.05, 4.69) is 0 Å². The third-order valence-corrected chi connectivity index (χ3v) is 2.27. The smallest absolute Gasteiger partial charge is 0.122 e. The Hall–Kier alpha value is -0.760. The molecule has 1 atom stereocenters. The summed E-state index contributed by atoms with van der Waals surface area (Å²) in [4.78, 5) is 0. The second-order valence-electron chi connectivity index (χ2n) is 3.17. The Kier molecular flexibility index (Phi) is 4.21. The van der Waals surface area contributed by atoms with Gasteiger partial charge in [0.25, 0.3) is 0 Å². The number of hydrogen-bond donors (Lipinski definition) is 0. The van der Waals surface area contributed by atoms with Crippen LogP contribution in [0.1, 0.15) is 25.3 Å². The van der Waals surface area contributed by atoms with Crippen molar-refractivity contribution in [3.63, 3.8) is 0 Å². The number of rotatable bonds is 4. The summed E-state index contributed by atoms with van der Waals surface area (Å²) in [5.74, 6) is 0.553. The van der Waals surface area contributed by atoms with Crippen LogP contribution in [0.2, 0.25) is 5.02 Å². The molecular weight excluding hydrogens is 203 g/mol. The lowest BCUT2D eigenvalue weighted by Gasteiger charge is -2.14. The van der Waals surface area contributed by atoms with Crippen molar-refractivity contribution < 1.29 is 9.13 Å². The van der Waals surface area contributed by atoms with Gasteiger partial charge in [-0.15, -0.1) is 0 Å². The number of halogens is 2. The fraction of sp³-hybridized carbons (Fsp3) is 0.455. The lowest BCUT2D eigenvalue weighted by molar-refractivity contribution is 0.330. The van der Waals surface area contributed by atoms with Gasteiger partial charge in [0.05, 0.1) is 13.3 Å². The van der Waals surface area contributed by atoms with E-state index < -0.39 is 6.67 Å². The molecule has 0 saturated heterocycles. The molecule has 0 aliphatic heterocycles. The van der Waals surface area contributed by atoms with Gasteiger partial charge in [0.1, 0.15) is 5.75 Å².